The number of aliphatic hydroxyl groups is 3. The molecular formula is C18H20N4O8. The molecule has 1 saturated heterocycles. The fraction of sp³-hybridized carbons (Fsp3) is 0.389. The zero-order chi connectivity index (χ0) is 21.3. The highest BCUT2D eigenvalue weighted by Gasteiger charge is 2.47. The third-order valence-electron chi connectivity index (χ3n) is 4.77. The molecule has 1 fully saturated rings. The smallest absolute Gasteiger partial charge is 0.415 e. The molecule has 2 aliphatic rings. The van der Waals surface area contributed by atoms with E-state index in [0.717, 1.165) is 5.56 Å². The van der Waals surface area contributed by atoms with Crippen molar-refractivity contribution in [1.29, 1.82) is 0 Å². The van der Waals surface area contributed by atoms with Gasteiger partial charge < -0.3 is 39.4 Å². The summed E-state index contributed by atoms with van der Waals surface area (Å²) in [5.74, 6) is 0.0550. The summed E-state index contributed by atoms with van der Waals surface area (Å²) in [6, 6.07) is 8.60. The second-order valence-corrected chi connectivity index (χ2v) is 6.73. The zero-order valence-corrected chi connectivity index (χ0v) is 15.6. The van der Waals surface area contributed by atoms with Crippen LogP contribution in [0.15, 0.2) is 39.5 Å². The Kier molecular flexibility index (Phi) is 5.55. The van der Waals surface area contributed by atoms with Crippen LogP contribution in [-0.4, -0.2) is 64.2 Å². The number of aliphatic hydroxyl groups excluding tert-OH is 3. The molecule has 12 nitrogen and oxygen atoms in total. The molecule has 2 aliphatic heterocycles. The topological polar surface area (TPSA) is 167 Å². The third-order valence-corrected chi connectivity index (χ3v) is 4.77. The number of anilines is 3. The molecule has 2 aromatic rings. The molecule has 0 spiro atoms. The number of nitrogens with zero attached hydrogens (tertiary/aromatic N) is 2. The van der Waals surface area contributed by atoms with E-state index in [0.29, 0.717) is 0 Å². The molecular weight excluding hydrogens is 400 g/mol. The lowest BCUT2D eigenvalue weighted by molar-refractivity contribution is -0.0220. The number of aromatic nitrogens is 1. The summed E-state index contributed by atoms with van der Waals surface area (Å²) in [6.07, 6.45) is -5.59. The number of amides is 1. The summed E-state index contributed by atoms with van der Waals surface area (Å²) in [6.45, 7) is -0.451. The molecule has 4 rings (SSSR count). The van der Waals surface area contributed by atoms with Gasteiger partial charge in [-0.15, -0.1) is 0 Å². The predicted molar refractivity (Wildman–Crippen MR) is 102 cm³/mol. The van der Waals surface area contributed by atoms with Crippen LogP contribution in [0.4, 0.5) is 22.3 Å². The summed E-state index contributed by atoms with van der Waals surface area (Å²) < 4.78 is 15.5. The summed E-state index contributed by atoms with van der Waals surface area (Å²) in [7, 11) is 0. The van der Waals surface area contributed by atoms with Crippen LogP contribution < -0.4 is 21.2 Å². The SMILES string of the molecule is O=C(Nc1nc2c(c(=O)o1)NCN2[C@@H]1O[C@H](CO)[C@@H](O)[C@H]1O)OCc1ccccc1. The van der Waals surface area contributed by atoms with Crippen LogP contribution >= 0.6 is 0 Å². The van der Waals surface area contributed by atoms with Crippen molar-refractivity contribution in [1.82, 2.24) is 4.98 Å². The first-order valence-corrected chi connectivity index (χ1v) is 9.13. The van der Waals surface area contributed by atoms with Gasteiger partial charge in [-0.05, 0) is 5.56 Å². The fourth-order valence-corrected chi connectivity index (χ4v) is 3.25. The van der Waals surface area contributed by atoms with Gasteiger partial charge in [-0.3, -0.25) is 0 Å². The van der Waals surface area contributed by atoms with Crippen LogP contribution in [0.25, 0.3) is 0 Å². The van der Waals surface area contributed by atoms with Gasteiger partial charge in [0, 0.05) is 0 Å². The van der Waals surface area contributed by atoms with E-state index < -0.39 is 48.9 Å². The van der Waals surface area contributed by atoms with E-state index in [1.165, 1.54) is 4.90 Å². The Labute approximate surface area is 169 Å². The van der Waals surface area contributed by atoms with Crippen LogP contribution in [-0.2, 0) is 16.1 Å². The Balaban J connectivity index is 1.48. The highest BCUT2D eigenvalue weighted by molar-refractivity contribution is 5.82. The molecule has 0 radical (unpaired) electrons. The molecule has 1 aromatic heterocycles. The maximum atomic E-state index is 12.2. The first-order valence-electron chi connectivity index (χ1n) is 9.13. The summed E-state index contributed by atoms with van der Waals surface area (Å²) in [4.78, 5) is 29.7. The van der Waals surface area contributed by atoms with Gasteiger partial charge in [0.25, 0.3) is 0 Å². The Morgan fingerprint density at radius 3 is 2.77 bits per heavy atom. The molecule has 0 aliphatic carbocycles. The Hall–Kier alpha value is -3.19. The molecule has 0 bridgehead atoms. The molecule has 0 unspecified atom stereocenters. The maximum Gasteiger partial charge on any atom is 0.415 e. The van der Waals surface area contributed by atoms with E-state index in [1.54, 1.807) is 24.3 Å². The average Bonchev–Trinajstić information content (AvgIpc) is 3.29. The number of hydrogen-bond donors (Lipinski definition) is 5. The minimum atomic E-state index is -1.35. The molecule has 3 heterocycles. The van der Waals surface area contributed by atoms with Gasteiger partial charge in [-0.2, -0.15) is 4.98 Å². The number of fused-ring (bicyclic) bond motifs is 1. The van der Waals surface area contributed by atoms with E-state index in [2.05, 4.69) is 15.6 Å². The normalized spacial score (nSPS) is 25.0. The van der Waals surface area contributed by atoms with Crippen molar-refractivity contribution >= 4 is 23.6 Å². The molecule has 30 heavy (non-hydrogen) atoms. The Bertz CT molecular complexity index is 968. The molecule has 12 heteroatoms. The van der Waals surface area contributed by atoms with Crippen molar-refractivity contribution in [2.24, 2.45) is 0 Å². The first kappa shape index (κ1) is 20.1. The highest BCUT2D eigenvalue weighted by atomic mass is 16.6. The molecule has 160 valence electrons. The average molecular weight is 420 g/mol. The van der Waals surface area contributed by atoms with Crippen LogP contribution in [0.3, 0.4) is 0 Å². The van der Waals surface area contributed by atoms with Gasteiger partial charge in [0.15, 0.2) is 17.7 Å². The summed E-state index contributed by atoms with van der Waals surface area (Å²) >= 11 is 0. The van der Waals surface area contributed by atoms with Crippen molar-refractivity contribution in [3.8, 4) is 0 Å². The number of carbonyl (C=O) groups excluding carboxylic acids is 1. The number of ether oxygens (including phenoxy) is 2. The van der Waals surface area contributed by atoms with E-state index in [1.807, 2.05) is 6.07 Å². The lowest BCUT2D eigenvalue weighted by Gasteiger charge is -2.26. The number of hydrogen-bond acceptors (Lipinski definition) is 11. The van der Waals surface area contributed by atoms with Crippen molar-refractivity contribution in [2.45, 2.75) is 31.1 Å². The number of benzene rings is 1. The van der Waals surface area contributed by atoms with Crippen molar-refractivity contribution < 1.29 is 34.0 Å². The van der Waals surface area contributed by atoms with Crippen molar-refractivity contribution in [3.63, 3.8) is 0 Å². The number of rotatable bonds is 5. The van der Waals surface area contributed by atoms with Gasteiger partial charge in [0.2, 0.25) is 0 Å². The lowest BCUT2D eigenvalue weighted by Crippen LogP contribution is -2.44. The number of carbonyl (C=O) groups is 1. The first-order chi connectivity index (χ1) is 14.5. The van der Waals surface area contributed by atoms with E-state index in [4.69, 9.17) is 13.9 Å². The highest BCUT2D eigenvalue weighted by Crippen LogP contribution is 2.34. The molecule has 4 atom stereocenters. The van der Waals surface area contributed by atoms with Crippen LogP contribution in [0.5, 0.6) is 0 Å². The minimum absolute atomic E-state index is 0.0101. The summed E-state index contributed by atoms with van der Waals surface area (Å²) in [5.41, 5.74) is -0.0145. The van der Waals surface area contributed by atoms with E-state index in [9.17, 15) is 24.9 Å². The largest absolute Gasteiger partial charge is 0.444 e. The molecule has 1 aromatic carbocycles. The van der Waals surface area contributed by atoms with Gasteiger partial charge in [-0.25, -0.2) is 14.9 Å². The lowest BCUT2D eigenvalue weighted by atomic mass is 10.1. The standard InChI is InChI=1S/C18H20N4O8/c23-6-10-12(24)13(25)15(29-10)22-8-19-11-14(22)20-17(30-16(11)26)21-18(27)28-7-9-4-2-1-3-5-9/h1-5,10,12-13,15,19,23-25H,6-8H2,(H,20,21,27)/t10-,12-,13-,15-/m1/s1. The molecule has 1 amide bonds. The van der Waals surface area contributed by atoms with Gasteiger partial charge >= 0.3 is 17.7 Å². The fourth-order valence-electron chi connectivity index (χ4n) is 3.25. The van der Waals surface area contributed by atoms with Crippen LogP contribution in [0.2, 0.25) is 0 Å². The van der Waals surface area contributed by atoms with Crippen molar-refractivity contribution in [3.05, 3.63) is 46.3 Å². The second kappa shape index (κ2) is 8.28. The Morgan fingerprint density at radius 2 is 2.07 bits per heavy atom. The predicted octanol–water partition coefficient (Wildman–Crippen LogP) is -0.588. The monoisotopic (exact) mass is 420 g/mol. The maximum absolute atomic E-state index is 12.2. The second-order valence-electron chi connectivity index (χ2n) is 6.73. The van der Waals surface area contributed by atoms with Crippen molar-refractivity contribution in [2.75, 3.05) is 28.8 Å². The van der Waals surface area contributed by atoms with Gasteiger partial charge in [-0.1, -0.05) is 30.3 Å². The summed E-state index contributed by atoms with van der Waals surface area (Å²) in [5, 5.41) is 34.5. The van der Waals surface area contributed by atoms with Crippen LogP contribution in [0.1, 0.15) is 5.56 Å². The van der Waals surface area contributed by atoms with Crippen LogP contribution in [0, 0.1) is 0 Å². The molecule has 0 saturated carbocycles. The quantitative estimate of drug-likeness (QED) is 0.419. The zero-order valence-electron chi connectivity index (χ0n) is 15.6. The number of nitrogens with one attached hydrogen (secondary N) is 2. The Morgan fingerprint density at radius 1 is 1.30 bits per heavy atom. The third kappa shape index (κ3) is 3.80. The van der Waals surface area contributed by atoms with E-state index in [-0.39, 0.29) is 24.8 Å². The van der Waals surface area contributed by atoms with Gasteiger partial charge in [0.05, 0.1) is 13.3 Å². The molecule has 5 N–H and O–H groups in total. The van der Waals surface area contributed by atoms with E-state index >= 15 is 0 Å². The van der Waals surface area contributed by atoms with Gasteiger partial charge in [0.1, 0.15) is 24.9 Å². The minimum Gasteiger partial charge on any atom is -0.444 e.